The predicted octanol–water partition coefficient (Wildman–Crippen LogP) is 4.20. The zero-order valence-corrected chi connectivity index (χ0v) is 20.0. The number of fused-ring (bicyclic) bond motifs is 1. The maximum absolute atomic E-state index is 13.6. The number of carbonyl (C=O) groups is 2. The van der Waals surface area contributed by atoms with E-state index in [-0.39, 0.29) is 35.7 Å². The van der Waals surface area contributed by atoms with Crippen molar-refractivity contribution in [2.24, 2.45) is 0 Å². The van der Waals surface area contributed by atoms with Gasteiger partial charge < -0.3 is 10.6 Å². The molecule has 1 aliphatic heterocycles. The fourth-order valence-electron chi connectivity index (χ4n) is 4.15. The minimum atomic E-state index is -3.90. The molecular formula is C27H27N3O4S. The Bertz CT molecular complexity index is 1340. The number of carbonyl (C=O) groups excluding carboxylic acids is 2. The van der Waals surface area contributed by atoms with Gasteiger partial charge >= 0.3 is 0 Å². The van der Waals surface area contributed by atoms with Crippen LogP contribution in [-0.4, -0.2) is 26.8 Å². The van der Waals surface area contributed by atoms with Crippen molar-refractivity contribution in [3.63, 3.8) is 0 Å². The van der Waals surface area contributed by atoms with Crippen molar-refractivity contribution < 1.29 is 18.0 Å². The van der Waals surface area contributed by atoms with Crippen LogP contribution in [0.2, 0.25) is 0 Å². The van der Waals surface area contributed by atoms with E-state index in [1.165, 1.54) is 22.5 Å². The van der Waals surface area contributed by atoms with Gasteiger partial charge in [-0.25, -0.2) is 8.42 Å². The molecule has 1 atom stereocenters. The predicted molar refractivity (Wildman–Crippen MR) is 137 cm³/mol. The summed E-state index contributed by atoms with van der Waals surface area (Å²) in [7, 11) is -3.90. The fourth-order valence-corrected chi connectivity index (χ4v) is 5.70. The van der Waals surface area contributed by atoms with Crippen molar-refractivity contribution in [2.45, 2.75) is 30.2 Å². The van der Waals surface area contributed by atoms with Gasteiger partial charge in [0, 0.05) is 18.7 Å². The van der Waals surface area contributed by atoms with Gasteiger partial charge in [0.05, 0.1) is 16.6 Å². The Morgan fingerprint density at radius 2 is 1.74 bits per heavy atom. The molecule has 1 heterocycles. The van der Waals surface area contributed by atoms with Gasteiger partial charge in [-0.05, 0) is 54.3 Å². The first kappa shape index (κ1) is 24.2. The van der Waals surface area contributed by atoms with Gasteiger partial charge in [-0.15, -0.1) is 0 Å². The minimum Gasteiger partial charge on any atom is -0.346 e. The lowest BCUT2D eigenvalue weighted by Gasteiger charge is -2.35. The average molecular weight is 490 g/mol. The lowest BCUT2D eigenvalue weighted by Crippen LogP contribution is -2.40. The Kier molecular flexibility index (Phi) is 7.31. The van der Waals surface area contributed by atoms with Crippen LogP contribution in [0.25, 0.3) is 0 Å². The van der Waals surface area contributed by atoms with Crippen molar-refractivity contribution >= 4 is 33.2 Å². The summed E-state index contributed by atoms with van der Waals surface area (Å²) in [5.74, 6) is -0.496. The molecule has 0 saturated carbocycles. The normalized spacial score (nSPS) is 15.1. The second-order valence-corrected chi connectivity index (χ2v) is 10.1. The standard InChI is InChI=1S/C27H27N3O4S/c1-2-26(31)29-24-17-18-30(25-14-7-6-13-23(24)25)35(33,34)22-12-8-11-21(19-22)28-27(32)16-15-20-9-4-3-5-10-20/h2-14,19,24H,1,15-18H2,(H,28,32)(H,29,31). The van der Waals surface area contributed by atoms with Crippen LogP contribution in [0.15, 0.2) is 96.4 Å². The van der Waals surface area contributed by atoms with Gasteiger partial charge in [-0.1, -0.05) is 61.2 Å². The average Bonchev–Trinajstić information content (AvgIpc) is 2.88. The summed E-state index contributed by atoms with van der Waals surface area (Å²) >= 11 is 0. The number of sulfonamides is 1. The third-order valence-corrected chi connectivity index (χ3v) is 7.70. The Balaban J connectivity index is 1.52. The first-order chi connectivity index (χ1) is 16.9. The topological polar surface area (TPSA) is 95.6 Å². The van der Waals surface area contributed by atoms with Gasteiger partial charge in [-0.3, -0.25) is 13.9 Å². The molecule has 0 aromatic heterocycles. The number of anilines is 2. The lowest BCUT2D eigenvalue weighted by molar-refractivity contribution is -0.117. The van der Waals surface area contributed by atoms with Crippen LogP contribution < -0.4 is 14.9 Å². The van der Waals surface area contributed by atoms with Crippen molar-refractivity contribution in [3.05, 3.63) is 103 Å². The summed E-state index contributed by atoms with van der Waals surface area (Å²) in [6, 6.07) is 22.8. The number of nitrogens with zero attached hydrogens (tertiary/aromatic N) is 1. The molecule has 0 bridgehead atoms. The van der Waals surface area contributed by atoms with Crippen LogP contribution >= 0.6 is 0 Å². The SMILES string of the molecule is C=CC(=O)NC1CCN(S(=O)(=O)c2cccc(NC(=O)CCc3ccccc3)c2)c2ccccc21. The molecule has 2 amide bonds. The number of nitrogens with one attached hydrogen (secondary N) is 2. The second-order valence-electron chi connectivity index (χ2n) is 8.25. The third kappa shape index (κ3) is 5.60. The molecule has 2 N–H and O–H groups in total. The Hall–Kier alpha value is -3.91. The van der Waals surface area contributed by atoms with Gasteiger partial charge in [0.1, 0.15) is 0 Å². The Morgan fingerprint density at radius 3 is 2.51 bits per heavy atom. The zero-order valence-electron chi connectivity index (χ0n) is 19.2. The van der Waals surface area contributed by atoms with Crippen molar-refractivity contribution in [1.29, 1.82) is 0 Å². The zero-order chi connectivity index (χ0) is 24.8. The quantitative estimate of drug-likeness (QED) is 0.464. The second kappa shape index (κ2) is 10.6. The molecule has 0 spiro atoms. The summed E-state index contributed by atoms with van der Waals surface area (Å²) in [6.45, 7) is 3.69. The molecular weight excluding hydrogens is 462 g/mol. The van der Waals surface area contributed by atoms with E-state index in [1.807, 2.05) is 42.5 Å². The van der Waals surface area contributed by atoms with Gasteiger partial charge in [-0.2, -0.15) is 0 Å². The minimum absolute atomic E-state index is 0.0849. The number of hydrogen-bond acceptors (Lipinski definition) is 4. The van der Waals surface area contributed by atoms with Crippen molar-refractivity contribution in [3.8, 4) is 0 Å². The molecule has 4 rings (SSSR count). The highest BCUT2D eigenvalue weighted by Crippen LogP contribution is 2.37. The molecule has 35 heavy (non-hydrogen) atoms. The van der Waals surface area contributed by atoms with Gasteiger partial charge in [0.25, 0.3) is 10.0 Å². The number of amides is 2. The highest BCUT2D eigenvalue weighted by molar-refractivity contribution is 7.92. The molecule has 0 fully saturated rings. The number of rotatable bonds is 8. The molecule has 1 aliphatic rings. The van der Waals surface area contributed by atoms with Crippen molar-refractivity contribution in [2.75, 3.05) is 16.2 Å². The summed E-state index contributed by atoms with van der Waals surface area (Å²) in [4.78, 5) is 24.4. The number of benzene rings is 3. The maximum Gasteiger partial charge on any atom is 0.264 e. The van der Waals surface area contributed by atoms with E-state index in [0.29, 0.717) is 24.2 Å². The van der Waals surface area contributed by atoms with Crippen LogP contribution in [0.4, 0.5) is 11.4 Å². The highest BCUT2D eigenvalue weighted by atomic mass is 32.2. The summed E-state index contributed by atoms with van der Waals surface area (Å²) in [6.07, 6.45) is 2.51. The molecule has 8 heteroatoms. The van der Waals surface area contributed by atoms with E-state index >= 15 is 0 Å². The van der Waals surface area contributed by atoms with Gasteiger partial charge in [0.15, 0.2) is 0 Å². The van der Waals surface area contributed by atoms with E-state index in [0.717, 1.165) is 11.1 Å². The number of aryl methyl sites for hydroxylation is 1. The molecule has 3 aromatic carbocycles. The molecule has 180 valence electrons. The molecule has 7 nitrogen and oxygen atoms in total. The van der Waals surface area contributed by atoms with Crippen LogP contribution in [0.3, 0.4) is 0 Å². The molecule has 0 saturated heterocycles. The third-order valence-electron chi connectivity index (χ3n) is 5.89. The molecule has 0 aliphatic carbocycles. The highest BCUT2D eigenvalue weighted by Gasteiger charge is 2.33. The molecule has 1 unspecified atom stereocenters. The Labute approximate surface area is 205 Å². The summed E-state index contributed by atoms with van der Waals surface area (Å²) < 4.78 is 28.5. The number of hydrogen-bond donors (Lipinski definition) is 2. The van der Waals surface area contributed by atoms with E-state index in [4.69, 9.17) is 0 Å². The fraction of sp³-hybridized carbons (Fsp3) is 0.185. The van der Waals surface area contributed by atoms with Gasteiger partial charge in [0.2, 0.25) is 11.8 Å². The van der Waals surface area contributed by atoms with Crippen LogP contribution in [0, 0.1) is 0 Å². The van der Waals surface area contributed by atoms with E-state index in [9.17, 15) is 18.0 Å². The monoisotopic (exact) mass is 489 g/mol. The molecule has 0 radical (unpaired) electrons. The van der Waals surface area contributed by atoms with Crippen molar-refractivity contribution in [1.82, 2.24) is 5.32 Å². The van der Waals surface area contributed by atoms with Crippen LogP contribution in [0.5, 0.6) is 0 Å². The Morgan fingerprint density at radius 1 is 1.00 bits per heavy atom. The maximum atomic E-state index is 13.6. The number of para-hydroxylation sites is 1. The summed E-state index contributed by atoms with van der Waals surface area (Å²) in [5.41, 5.74) is 2.73. The molecule has 3 aromatic rings. The smallest absolute Gasteiger partial charge is 0.264 e. The summed E-state index contributed by atoms with van der Waals surface area (Å²) in [5, 5.41) is 5.67. The largest absolute Gasteiger partial charge is 0.346 e. The van der Waals surface area contributed by atoms with E-state index in [2.05, 4.69) is 17.2 Å². The first-order valence-corrected chi connectivity index (χ1v) is 12.8. The van der Waals surface area contributed by atoms with Crippen LogP contribution in [-0.2, 0) is 26.0 Å². The van der Waals surface area contributed by atoms with E-state index < -0.39 is 10.0 Å². The van der Waals surface area contributed by atoms with Crippen LogP contribution in [0.1, 0.15) is 30.0 Å². The lowest BCUT2D eigenvalue weighted by atomic mass is 9.98. The first-order valence-electron chi connectivity index (χ1n) is 11.4. The van der Waals surface area contributed by atoms with E-state index in [1.54, 1.807) is 24.3 Å².